The quantitative estimate of drug-likeness (QED) is 0.105. The van der Waals surface area contributed by atoms with Gasteiger partial charge in [-0.2, -0.15) is 0 Å². The first-order valence-electron chi connectivity index (χ1n) is 18.1. The molecule has 42 heavy (non-hydrogen) atoms. The second-order valence-corrected chi connectivity index (χ2v) is 13.0. The van der Waals surface area contributed by atoms with E-state index in [0.29, 0.717) is 0 Å². The molecule has 0 aromatic heterocycles. The molecule has 0 heteroatoms. The van der Waals surface area contributed by atoms with Crippen molar-refractivity contribution in [2.45, 2.75) is 157 Å². The SMILES string of the molecule is CCCCc1c(CCCC)c(CCCC)c2cc3c(CCCC)c4ccccc4c(CCCC)c3cc2c1CCCC. The van der Waals surface area contributed by atoms with Gasteiger partial charge >= 0.3 is 0 Å². The first kappa shape index (κ1) is 32.6. The maximum Gasteiger partial charge on any atom is -0.0136 e. The van der Waals surface area contributed by atoms with Crippen molar-refractivity contribution in [2.24, 2.45) is 0 Å². The summed E-state index contributed by atoms with van der Waals surface area (Å²) in [5.41, 5.74) is 10.1. The fraction of sp³-hybridized carbons (Fsp3) is 0.571. The second-order valence-electron chi connectivity index (χ2n) is 13.0. The Morgan fingerprint density at radius 1 is 0.310 bits per heavy atom. The lowest BCUT2D eigenvalue weighted by Crippen LogP contribution is -2.09. The second kappa shape index (κ2) is 16.5. The summed E-state index contributed by atoms with van der Waals surface area (Å²) in [6.45, 7) is 14.2. The van der Waals surface area contributed by atoms with Crippen LogP contribution in [0.25, 0.3) is 32.3 Å². The third-order valence-electron chi connectivity index (χ3n) is 9.81. The van der Waals surface area contributed by atoms with Gasteiger partial charge in [0.2, 0.25) is 0 Å². The molecule has 0 fully saturated rings. The van der Waals surface area contributed by atoms with Crippen molar-refractivity contribution < 1.29 is 0 Å². The molecular weight excluding hydrogens is 504 g/mol. The zero-order chi connectivity index (χ0) is 29.9. The Labute approximate surface area is 258 Å². The summed E-state index contributed by atoms with van der Waals surface area (Å²) in [4.78, 5) is 0. The van der Waals surface area contributed by atoms with Gasteiger partial charge in [0.25, 0.3) is 0 Å². The predicted molar refractivity (Wildman–Crippen MR) is 191 cm³/mol. The van der Waals surface area contributed by atoms with Gasteiger partial charge < -0.3 is 0 Å². The monoisotopic (exact) mass is 564 g/mol. The number of aryl methyl sites for hydroxylation is 4. The van der Waals surface area contributed by atoms with E-state index in [1.165, 1.54) is 126 Å². The highest BCUT2D eigenvalue weighted by Crippen LogP contribution is 2.42. The minimum Gasteiger partial charge on any atom is -0.0654 e. The van der Waals surface area contributed by atoms with Crippen molar-refractivity contribution in [3.63, 3.8) is 0 Å². The average Bonchev–Trinajstić information content (AvgIpc) is 3.02. The average molecular weight is 565 g/mol. The predicted octanol–water partition coefficient (Wildman–Crippen LogP) is 13.2. The van der Waals surface area contributed by atoms with Gasteiger partial charge in [-0.15, -0.1) is 0 Å². The summed E-state index contributed by atoms with van der Waals surface area (Å²) in [7, 11) is 0. The van der Waals surface area contributed by atoms with Crippen molar-refractivity contribution in [2.75, 3.05) is 0 Å². The molecule has 4 rings (SSSR count). The van der Waals surface area contributed by atoms with Crippen LogP contribution in [0, 0.1) is 0 Å². The lowest BCUT2D eigenvalue weighted by molar-refractivity contribution is 0.724. The van der Waals surface area contributed by atoms with Gasteiger partial charge in [0.15, 0.2) is 0 Å². The smallest absolute Gasteiger partial charge is 0.0136 e. The van der Waals surface area contributed by atoms with E-state index in [9.17, 15) is 0 Å². The summed E-state index contributed by atoms with van der Waals surface area (Å²) in [6, 6.07) is 14.8. The Kier molecular flexibility index (Phi) is 12.8. The standard InChI is InChI=1S/C42H60/c1-7-13-21-31-32(22-14-8-2)36(24-16-10-4)40-30-42-38(26-18-12-6)34-28-20-19-27-33(34)37(25-17-11-5)41(42)29-39(40)35(31)23-15-9-3/h19-20,27-30H,7-18,21-26H2,1-6H3. The molecule has 0 unspecified atom stereocenters. The van der Waals surface area contributed by atoms with Crippen LogP contribution >= 0.6 is 0 Å². The molecule has 0 amide bonds. The van der Waals surface area contributed by atoms with Crippen molar-refractivity contribution in [1.82, 2.24) is 0 Å². The Balaban J connectivity index is 2.20. The molecule has 0 radical (unpaired) electrons. The molecule has 0 atom stereocenters. The topological polar surface area (TPSA) is 0 Å². The largest absolute Gasteiger partial charge is 0.0654 e. The lowest BCUT2D eigenvalue weighted by atomic mass is 9.79. The minimum absolute atomic E-state index is 1.18. The normalized spacial score (nSPS) is 11.9. The van der Waals surface area contributed by atoms with Crippen LogP contribution in [0.15, 0.2) is 36.4 Å². The molecule has 0 nitrogen and oxygen atoms in total. The summed E-state index contributed by atoms with van der Waals surface area (Å²) in [5, 5.41) is 9.34. The summed E-state index contributed by atoms with van der Waals surface area (Å²) in [6.07, 6.45) is 22.6. The van der Waals surface area contributed by atoms with Crippen molar-refractivity contribution >= 4 is 32.3 Å². The van der Waals surface area contributed by atoms with Gasteiger partial charge in [0.05, 0.1) is 0 Å². The van der Waals surface area contributed by atoms with Crippen LogP contribution in [-0.2, 0) is 38.5 Å². The third-order valence-corrected chi connectivity index (χ3v) is 9.81. The van der Waals surface area contributed by atoms with E-state index in [0.717, 1.165) is 0 Å². The van der Waals surface area contributed by atoms with Crippen LogP contribution in [-0.4, -0.2) is 0 Å². The number of fused-ring (bicyclic) bond motifs is 3. The summed E-state index contributed by atoms with van der Waals surface area (Å²) >= 11 is 0. The molecular formula is C42H60. The fourth-order valence-electron chi connectivity index (χ4n) is 7.42. The molecule has 0 aliphatic carbocycles. The van der Waals surface area contributed by atoms with E-state index in [1.807, 2.05) is 0 Å². The highest BCUT2D eigenvalue weighted by molar-refractivity contribution is 6.11. The van der Waals surface area contributed by atoms with Crippen LogP contribution in [0.4, 0.5) is 0 Å². The molecule has 0 bridgehead atoms. The molecule has 0 heterocycles. The zero-order valence-corrected chi connectivity index (χ0v) is 28.2. The van der Waals surface area contributed by atoms with Gasteiger partial charge in [-0.05, 0) is 155 Å². The number of hydrogen-bond acceptors (Lipinski definition) is 0. The van der Waals surface area contributed by atoms with Crippen LogP contribution in [0.5, 0.6) is 0 Å². The summed E-state index contributed by atoms with van der Waals surface area (Å²) < 4.78 is 0. The summed E-state index contributed by atoms with van der Waals surface area (Å²) in [5.74, 6) is 0. The highest BCUT2D eigenvalue weighted by atomic mass is 14.3. The minimum atomic E-state index is 1.18. The van der Waals surface area contributed by atoms with Crippen molar-refractivity contribution in [1.29, 1.82) is 0 Å². The first-order valence-corrected chi connectivity index (χ1v) is 18.1. The van der Waals surface area contributed by atoms with E-state index in [4.69, 9.17) is 0 Å². The maximum absolute atomic E-state index is 2.72. The maximum atomic E-state index is 2.72. The number of rotatable bonds is 18. The fourth-order valence-corrected chi connectivity index (χ4v) is 7.42. The van der Waals surface area contributed by atoms with Gasteiger partial charge in [-0.25, -0.2) is 0 Å². The Morgan fingerprint density at radius 3 is 0.881 bits per heavy atom. The third kappa shape index (κ3) is 7.06. The number of unbranched alkanes of at least 4 members (excludes halogenated alkanes) is 6. The van der Waals surface area contributed by atoms with Crippen LogP contribution in [0.1, 0.15) is 152 Å². The van der Waals surface area contributed by atoms with Crippen LogP contribution in [0.3, 0.4) is 0 Å². The molecule has 4 aromatic carbocycles. The zero-order valence-electron chi connectivity index (χ0n) is 28.2. The van der Waals surface area contributed by atoms with Crippen LogP contribution in [0.2, 0.25) is 0 Å². The molecule has 0 spiro atoms. The van der Waals surface area contributed by atoms with Crippen LogP contribution < -0.4 is 0 Å². The molecule has 4 aromatic rings. The highest BCUT2D eigenvalue weighted by Gasteiger charge is 2.22. The van der Waals surface area contributed by atoms with E-state index in [1.54, 1.807) is 54.9 Å². The van der Waals surface area contributed by atoms with Gasteiger partial charge in [0.1, 0.15) is 0 Å². The molecule has 0 aliphatic rings. The van der Waals surface area contributed by atoms with E-state index in [2.05, 4.69) is 77.9 Å². The number of benzene rings is 4. The molecule has 0 saturated carbocycles. The Bertz CT molecular complexity index is 1330. The van der Waals surface area contributed by atoms with Gasteiger partial charge in [-0.3, -0.25) is 0 Å². The molecule has 0 aliphatic heterocycles. The Hall–Kier alpha value is -2.34. The van der Waals surface area contributed by atoms with E-state index in [-0.39, 0.29) is 0 Å². The molecule has 0 saturated heterocycles. The van der Waals surface area contributed by atoms with E-state index < -0.39 is 0 Å². The van der Waals surface area contributed by atoms with Gasteiger partial charge in [0, 0.05) is 0 Å². The molecule has 228 valence electrons. The lowest BCUT2D eigenvalue weighted by Gasteiger charge is -2.25. The van der Waals surface area contributed by atoms with Crippen molar-refractivity contribution in [3.05, 3.63) is 69.8 Å². The van der Waals surface area contributed by atoms with E-state index >= 15 is 0 Å². The molecule has 0 N–H and O–H groups in total. The van der Waals surface area contributed by atoms with Crippen molar-refractivity contribution in [3.8, 4) is 0 Å². The Morgan fingerprint density at radius 2 is 0.571 bits per heavy atom. The first-order chi connectivity index (χ1) is 20.6. The number of hydrogen-bond donors (Lipinski definition) is 0. The van der Waals surface area contributed by atoms with Gasteiger partial charge in [-0.1, -0.05) is 104 Å².